The van der Waals surface area contributed by atoms with Gasteiger partial charge in [0.2, 0.25) is 5.91 Å². The van der Waals surface area contributed by atoms with Crippen molar-refractivity contribution in [3.05, 3.63) is 63.6 Å². The van der Waals surface area contributed by atoms with Crippen molar-refractivity contribution in [3.8, 4) is 0 Å². The quantitative estimate of drug-likeness (QED) is 0.778. The fourth-order valence-corrected chi connectivity index (χ4v) is 4.41. The van der Waals surface area contributed by atoms with Crippen molar-refractivity contribution in [2.45, 2.75) is 5.54 Å². The second-order valence-electron chi connectivity index (χ2n) is 7.50. The number of amides is 2. The van der Waals surface area contributed by atoms with E-state index in [9.17, 15) is 9.59 Å². The first-order valence-electron chi connectivity index (χ1n) is 9.48. The van der Waals surface area contributed by atoms with E-state index in [1.165, 1.54) is 0 Å². The molecule has 1 fully saturated rings. The highest BCUT2D eigenvalue weighted by Crippen LogP contribution is 2.44. The van der Waals surface area contributed by atoms with Crippen molar-refractivity contribution >= 4 is 40.7 Å². The summed E-state index contributed by atoms with van der Waals surface area (Å²) < 4.78 is 0. The predicted octanol–water partition coefficient (Wildman–Crippen LogP) is 2.55. The molecule has 1 saturated heterocycles. The Balaban J connectivity index is 1.71. The Hall–Kier alpha value is -2.12. The van der Waals surface area contributed by atoms with E-state index < -0.39 is 5.54 Å². The smallest absolute Gasteiger partial charge is 0.259 e. The van der Waals surface area contributed by atoms with E-state index in [1.54, 1.807) is 42.5 Å². The Bertz CT molecular complexity index is 959. The summed E-state index contributed by atoms with van der Waals surface area (Å²) in [6, 6.07) is 12.2. The van der Waals surface area contributed by atoms with Gasteiger partial charge in [0.15, 0.2) is 5.54 Å². The standard InChI is InChI=1S/C21H22Cl2N4O2/c1-26-8-10-27(11-9-26)13-19(28)25-21(15-4-2-3-5-17(15)23)16-12-14(22)6-7-18(16)24-20(21)29/h2-7,12H,8-11,13H2,1H3,(H,24,29)(H,25,28). The van der Waals surface area contributed by atoms with Gasteiger partial charge in [0.1, 0.15) is 0 Å². The zero-order valence-electron chi connectivity index (χ0n) is 16.0. The minimum Gasteiger partial charge on any atom is -0.333 e. The molecule has 1 atom stereocenters. The Labute approximate surface area is 179 Å². The van der Waals surface area contributed by atoms with Crippen LogP contribution in [0.1, 0.15) is 11.1 Å². The first-order valence-corrected chi connectivity index (χ1v) is 10.2. The Morgan fingerprint density at radius 3 is 2.55 bits per heavy atom. The molecule has 2 N–H and O–H groups in total. The van der Waals surface area contributed by atoms with Gasteiger partial charge in [-0.05, 0) is 31.3 Å². The number of hydrogen-bond acceptors (Lipinski definition) is 4. The molecular formula is C21H22Cl2N4O2. The van der Waals surface area contributed by atoms with Crippen LogP contribution in [0.3, 0.4) is 0 Å². The summed E-state index contributed by atoms with van der Waals surface area (Å²) in [4.78, 5) is 30.6. The highest BCUT2D eigenvalue weighted by Gasteiger charge is 2.50. The third kappa shape index (κ3) is 3.73. The first-order chi connectivity index (χ1) is 13.9. The van der Waals surface area contributed by atoms with Crippen LogP contribution in [0.5, 0.6) is 0 Å². The summed E-state index contributed by atoms with van der Waals surface area (Å²) in [5.41, 5.74) is 0.295. The van der Waals surface area contributed by atoms with E-state index in [4.69, 9.17) is 23.2 Å². The molecule has 0 aromatic heterocycles. The molecule has 2 amide bonds. The van der Waals surface area contributed by atoms with Gasteiger partial charge >= 0.3 is 0 Å². The summed E-state index contributed by atoms with van der Waals surface area (Å²) >= 11 is 12.7. The molecule has 0 spiro atoms. The topological polar surface area (TPSA) is 64.7 Å². The number of nitrogens with zero attached hydrogens (tertiary/aromatic N) is 2. The summed E-state index contributed by atoms with van der Waals surface area (Å²) in [5.74, 6) is -0.591. The number of halogens is 2. The monoisotopic (exact) mass is 432 g/mol. The minimum absolute atomic E-state index is 0.212. The molecule has 4 rings (SSSR count). The van der Waals surface area contributed by atoms with Crippen molar-refractivity contribution in [1.82, 2.24) is 15.1 Å². The van der Waals surface area contributed by atoms with Gasteiger partial charge in [-0.2, -0.15) is 0 Å². The highest BCUT2D eigenvalue weighted by atomic mass is 35.5. The van der Waals surface area contributed by atoms with Gasteiger partial charge in [-0.15, -0.1) is 0 Å². The molecule has 6 nitrogen and oxygen atoms in total. The molecule has 152 valence electrons. The fourth-order valence-electron chi connectivity index (χ4n) is 3.96. The van der Waals surface area contributed by atoms with Gasteiger partial charge in [0, 0.05) is 53.0 Å². The molecule has 2 aromatic carbocycles. The maximum atomic E-state index is 13.2. The Kier molecular flexibility index (Phi) is 5.53. The molecular weight excluding hydrogens is 411 g/mol. The summed E-state index contributed by atoms with van der Waals surface area (Å²) in [6.45, 7) is 3.63. The number of rotatable bonds is 4. The van der Waals surface area contributed by atoms with Crippen molar-refractivity contribution in [1.29, 1.82) is 0 Å². The van der Waals surface area contributed by atoms with Crippen LogP contribution in [-0.2, 0) is 15.1 Å². The average molecular weight is 433 g/mol. The summed E-state index contributed by atoms with van der Waals surface area (Å²) in [7, 11) is 2.06. The zero-order chi connectivity index (χ0) is 20.6. The van der Waals surface area contributed by atoms with Gasteiger partial charge in [-0.1, -0.05) is 41.4 Å². The molecule has 0 radical (unpaired) electrons. The number of carbonyl (C=O) groups is 2. The van der Waals surface area contributed by atoms with E-state index in [1.807, 2.05) is 0 Å². The molecule has 2 aromatic rings. The Morgan fingerprint density at radius 1 is 1.10 bits per heavy atom. The van der Waals surface area contributed by atoms with E-state index in [2.05, 4.69) is 27.5 Å². The largest absolute Gasteiger partial charge is 0.333 e. The number of piperazine rings is 1. The number of nitrogens with one attached hydrogen (secondary N) is 2. The number of benzene rings is 2. The molecule has 2 aliphatic heterocycles. The van der Waals surface area contributed by atoms with E-state index in [0.717, 1.165) is 26.2 Å². The third-order valence-corrected chi connectivity index (χ3v) is 6.11. The third-order valence-electron chi connectivity index (χ3n) is 5.54. The maximum absolute atomic E-state index is 13.2. The van der Waals surface area contributed by atoms with E-state index >= 15 is 0 Å². The number of carbonyl (C=O) groups excluding carboxylic acids is 2. The van der Waals surface area contributed by atoms with Crippen LogP contribution in [0.2, 0.25) is 10.0 Å². The Morgan fingerprint density at radius 2 is 1.83 bits per heavy atom. The van der Waals surface area contributed by atoms with Crippen molar-refractivity contribution in [2.24, 2.45) is 0 Å². The summed E-state index contributed by atoms with van der Waals surface area (Å²) in [5, 5.41) is 6.73. The van der Waals surface area contributed by atoms with Crippen LogP contribution < -0.4 is 10.6 Å². The molecule has 2 heterocycles. The number of likely N-dealkylation sites (N-methyl/N-ethyl adjacent to an activating group) is 1. The average Bonchev–Trinajstić information content (AvgIpc) is 2.96. The van der Waals surface area contributed by atoms with Crippen LogP contribution in [-0.4, -0.2) is 61.4 Å². The van der Waals surface area contributed by atoms with Crippen molar-refractivity contribution in [2.75, 3.05) is 45.1 Å². The number of anilines is 1. The molecule has 0 saturated carbocycles. The highest BCUT2D eigenvalue weighted by molar-refractivity contribution is 6.32. The molecule has 0 aliphatic carbocycles. The zero-order valence-corrected chi connectivity index (χ0v) is 17.6. The molecule has 0 bridgehead atoms. The minimum atomic E-state index is -1.43. The van der Waals surface area contributed by atoms with Crippen LogP contribution in [0.4, 0.5) is 5.69 Å². The lowest BCUT2D eigenvalue weighted by atomic mass is 9.83. The molecule has 8 heteroatoms. The predicted molar refractivity (Wildman–Crippen MR) is 114 cm³/mol. The van der Waals surface area contributed by atoms with E-state index in [-0.39, 0.29) is 18.4 Å². The van der Waals surface area contributed by atoms with Gasteiger partial charge in [-0.3, -0.25) is 14.5 Å². The molecule has 2 aliphatic rings. The van der Waals surface area contributed by atoms with Crippen LogP contribution in [0, 0.1) is 0 Å². The van der Waals surface area contributed by atoms with E-state index in [0.29, 0.717) is 26.9 Å². The van der Waals surface area contributed by atoms with Crippen LogP contribution in [0.25, 0.3) is 0 Å². The van der Waals surface area contributed by atoms with Gasteiger partial charge < -0.3 is 15.5 Å². The van der Waals surface area contributed by atoms with Crippen LogP contribution in [0.15, 0.2) is 42.5 Å². The number of hydrogen-bond donors (Lipinski definition) is 2. The lowest BCUT2D eigenvalue weighted by Gasteiger charge is -2.34. The normalized spacial score (nSPS) is 22.2. The van der Waals surface area contributed by atoms with Gasteiger partial charge in [-0.25, -0.2) is 0 Å². The van der Waals surface area contributed by atoms with Crippen molar-refractivity contribution < 1.29 is 9.59 Å². The lowest BCUT2D eigenvalue weighted by Crippen LogP contribution is -2.55. The molecule has 1 unspecified atom stereocenters. The lowest BCUT2D eigenvalue weighted by molar-refractivity contribution is -0.129. The van der Waals surface area contributed by atoms with Gasteiger partial charge in [0.25, 0.3) is 5.91 Å². The fraction of sp³-hybridized carbons (Fsp3) is 0.333. The van der Waals surface area contributed by atoms with Crippen LogP contribution >= 0.6 is 23.2 Å². The second kappa shape index (κ2) is 7.95. The number of fused-ring (bicyclic) bond motifs is 1. The van der Waals surface area contributed by atoms with Gasteiger partial charge in [0.05, 0.1) is 6.54 Å². The summed E-state index contributed by atoms with van der Waals surface area (Å²) in [6.07, 6.45) is 0. The molecule has 29 heavy (non-hydrogen) atoms. The first kappa shape index (κ1) is 20.2. The second-order valence-corrected chi connectivity index (χ2v) is 8.35. The van der Waals surface area contributed by atoms with Crippen molar-refractivity contribution in [3.63, 3.8) is 0 Å². The SMILES string of the molecule is CN1CCN(CC(=O)NC2(c3ccccc3Cl)C(=O)Nc3ccc(Cl)cc32)CC1. The maximum Gasteiger partial charge on any atom is 0.259 e.